The average molecular weight is 221 g/mol. The van der Waals surface area contributed by atoms with Gasteiger partial charge in [-0.25, -0.2) is 0 Å². The zero-order chi connectivity index (χ0) is 12.2. The van der Waals surface area contributed by atoms with Crippen LogP contribution in [0.25, 0.3) is 0 Å². The smallest absolute Gasteiger partial charge is 0.312 e. The minimum atomic E-state index is -0.286. The summed E-state index contributed by atoms with van der Waals surface area (Å²) in [6, 6.07) is 7.58. The second kappa shape index (κ2) is 5.12. The van der Waals surface area contributed by atoms with Crippen molar-refractivity contribution in [3.63, 3.8) is 0 Å². The number of esters is 1. The van der Waals surface area contributed by atoms with Crippen LogP contribution in [0.15, 0.2) is 24.3 Å². The van der Waals surface area contributed by atoms with Crippen molar-refractivity contribution in [2.75, 3.05) is 6.54 Å². The molecule has 0 aliphatic rings. The Morgan fingerprint density at radius 2 is 1.81 bits per heavy atom. The Bertz CT molecular complexity index is 349. The molecule has 2 N–H and O–H groups in total. The molecule has 0 fully saturated rings. The van der Waals surface area contributed by atoms with Crippen molar-refractivity contribution in [2.24, 2.45) is 5.73 Å². The van der Waals surface area contributed by atoms with Gasteiger partial charge in [0, 0.05) is 6.54 Å². The third-order valence-electron chi connectivity index (χ3n) is 2.30. The van der Waals surface area contributed by atoms with Gasteiger partial charge in [-0.3, -0.25) is 4.79 Å². The van der Waals surface area contributed by atoms with Gasteiger partial charge in [0.05, 0.1) is 6.42 Å². The highest BCUT2D eigenvalue weighted by atomic mass is 16.5. The van der Waals surface area contributed by atoms with Gasteiger partial charge in [-0.15, -0.1) is 0 Å². The minimum absolute atomic E-state index is 0.111. The number of benzene rings is 1. The third-order valence-corrected chi connectivity index (χ3v) is 2.30. The van der Waals surface area contributed by atoms with Gasteiger partial charge in [0.25, 0.3) is 0 Å². The van der Waals surface area contributed by atoms with Crippen LogP contribution in [0.3, 0.4) is 0 Å². The van der Waals surface area contributed by atoms with Crippen molar-refractivity contribution in [3.05, 3.63) is 29.8 Å². The van der Waals surface area contributed by atoms with Gasteiger partial charge in [0.2, 0.25) is 0 Å². The van der Waals surface area contributed by atoms with E-state index in [4.69, 9.17) is 10.5 Å². The molecule has 0 unspecified atom stereocenters. The van der Waals surface area contributed by atoms with E-state index in [0.29, 0.717) is 12.3 Å². The average Bonchev–Trinajstić information content (AvgIpc) is 2.17. The van der Waals surface area contributed by atoms with Crippen LogP contribution in [0.5, 0.6) is 5.75 Å². The molecule has 1 aromatic carbocycles. The van der Waals surface area contributed by atoms with Crippen LogP contribution in [-0.2, 0) is 10.2 Å². The Balaban J connectivity index is 2.69. The second-order valence-electron chi connectivity index (χ2n) is 4.79. The molecule has 1 aromatic rings. The van der Waals surface area contributed by atoms with E-state index in [1.165, 1.54) is 5.56 Å². The number of nitrogens with two attached hydrogens (primary N) is 1. The maximum Gasteiger partial charge on any atom is 0.312 e. The summed E-state index contributed by atoms with van der Waals surface area (Å²) >= 11 is 0. The van der Waals surface area contributed by atoms with Crippen LogP contribution in [0.4, 0.5) is 0 Å². The fourth-order valence-electron chi connectivity index (χ4n) is 1.32. The lowest BCUT2D eigenvalue weighted by Gasteiger charge is -2.18. The van der Waals surface area contributed by atoms with Gasteiger partial charge in [-0.05, 0) is 23.1 Å². The zero-order valence-corrected chi connectivity index (χ0v) is 10.1. The Hall–Kier alpha value is -1.35. The predicted molar refractivity (Wildman–Crippen MR) is 64.4 cm³/mol. The van der Waals surface area contributed by atoms with Crippen LogP contribution in [0, 0.1) is 0 Å². The Morgan fingerprint density at radius 1 is 1.25 bits per heavy atom. The molecular weight excluding hydrogens is 202 g/mol. The van der Waals surface area contributed by atoms with Crippen molar-refractivity contribution in [3.8, 4) is 5.75 Å². The summed E-state index contributed by atoms with van der Waals surface area (Å²) in [5.41, 5.74) is 6.59. The number of rotatable bonds is 3. The molecule has 0 spiro atoms. The summed E-state index contributed by atoms with van der Waals surface area (Å²) in [6.45, 7) is 6.74. The molecule has 16 heavy (non-hydrogen) atoms. The van der Waals surface area contributed by atoms with E-state index in [1.54, 1.807) is 0 Å². The Labute approximate surface area is 96.6 Å². The normalized spacial score (nSPS) is 11.2. The molecule has 0 heterocycles. The summed E-state index contributed by atoms with van der Waals surface area (Å²) in [5.74, 6) is 0.289. The van der Waals surface area contributed by atoms with E-state index in [2.05, 4.69) is 20.8 Å². The Kier molecular flexibility index (Phi) is 4.07. The molecule has 0 aromatic heterocycles. The standard InChI is InChI=1S/C13H19NO2/c1-13(2,3)10-4-6-11(7-5-10)16-12(15)8-9-14/h4-7H,8-9,14H2,1-3H3. The fourth-order valence-corrected chi connectivity index (χ4v) is 1.32. The van der Waals surface area contributed by atoms with Gasteiger partial charge in [0.15, 0.2) is 0 Å². The molecule has 0 bridgehead atoms. The quantitative estimate of drug-likeness (QED) is 0.629. The van der Waals surface area contributed by atoms with E-state index >= 15 is 0 Å². The van der Waals surface area contributed by atoms with Crippen LogP contribution in [-0.4, -0.2) is 12.5 Å². The number of ether oxygens (including phenoxy) is 1. The van der Waals surface area contributed by atoms with Crippen molar-refractivity contribution in [1.29, 1.82) is 0 Å². The lowest BCUT2D eigenvalue weighted by molar-refractivity contribution is -0.134. The lowest BCUT2D eigenvalue weighted by atomic mass is 9.87. The van der Waals surface area contributed by atoms with E-state index in [1.807, 2.05) is 24.3 Å². The van der Waals surface area contributed by atoms with Crippen LogP contribution in [0.1, 0.15) is 32.8 Å². The summed E-state index contributed by atoms with van der Waals surface area (Å²) < 4.78 is 5.10. The van der Waals surface area contributed by atoms with Gasteiger partial charge < -0.3 is 10.5 Å². The van der Waals surface area contributed by atoms with Gasteiger partial charge in [-0.2, -0.15) is 0 Å². The van der Waals surface area contributed by atoms with Crippen LogP contribution >= 0.6 is 0 Å². The molecule has 0 saturated carbocycles. The molecule has 0 amide bonds. The van der Waals surface area contributed by atoms with Crippen molar-refractivity contribution in [2.45, 2.75) is 32.6 Å². The van der Waals surface area contributed by atoms with Crippen LogP contribution in [0.2, 0.25) is 0 Å². The highest BCUT2D eigenvalue weighted by Crippen LogP contribution is 2.24. The van der Waals surface area contributed by atoms with Crippen molar-refractivity contribution in [1.82, 2.24) is 0 Å². The van der Waals surface area contributed by atoms with Gasteiger partial charge in [0.1, 0.15) is 5.75 Å². The van der Waals surface area contributed by atoms with Crippen molar-refractivity contribution < 1.29 is 9.53 Å². The molecule has 0 saturated heterocycles. The molecule has 3 nitrogen and oxygen atoms in total. The van der Waals surface area contributed by atoms with Crippen LogP contribution < -0.4 is 10.5 Å². The first kappa shape index (κ1) is 12.7. The topological polar surface area (TPSA) is 52.3 Å². The van der Waals surface area contributed by atoms with E-state index in [0.717, 1.165) is 0 Å². The summed E-state index contributed by atoms with van der Waals surface area (Å²) in [5, 5.41) is 0. The summed E-state index contributed by atoms with van der Waals surface area (Å²) in [7, 11) is 0. The first-order chi connectivity index (χ1) is 7.43. The van der Waals surface area contributed by atoms with Crippen molar-refractivity contribution >= 4 is 5.97 Å². The molecule has 3 heteroatoms. The number of hydrogen-bond acceptors (Lipinski definition) is 3. The second-order valence-corrected chi connectivity index (χ2v) is 4.79. The first-order valence-corrected chi connectivity index (χ1v) is 5.45. The number of carbonyl (C=O) groups excluding carboxylic acids is 1. The predicted octanol–water partition coefficient (Wildman–Crippen LogP) is 2.24. The minimum Gasteiger partial charge on any atom is -0.426 e. The monoisotopic (exact) mass is 221 g/mol. The maximum atomic E-state index is 11.2. The fraction of sp³-hybridized carbons (Fsp3) is 0.462. The summed E-state index contributed by atoms with van der Waals surface area (Å²) in [4.78, 5) is 11.2. The van der Waals surface area contributed by atoms with E-state index in [9.17, 15) is 4.79 Å². The summed E-state index contributed by atoms with van der Waals surface area (Å²) in [6.07, 6.45) is 0.251. The molecule has 0 radical (unpaired) electrons. The molecule has 1 rings (SSSR count). The number of hydrogen-bond donors (Lipinski definition) is 1. The Morgan fingerprint density at radius 3 is 2.25 bits per heavy atom. The maximum absolute atomic E-state index is 11.2. The highest BCUT2D eigenvalue weighted by molar-refractivity contribution is 5.72. The van der Waals surface area contributed by atoms with Gasteiger partial charge in [-0.1, -0.05) is 32.9 Å². The van der Waals surface area contributed by atoms with E-state index in [-0.39, 0.29) is 17.8 Å². The zero-order valence-electron chi connectivity index (χ0n) is 10.1. The third kappa shape index (κ3) is 3.66. The molecule has 88 valence electrons. The highest BCUT2D eigenvalue weighted by Gasteiger charge is 2.13. The molecular formula is C13H19NO2. The van der Waals surface area contributed by atoms with E-state index < -0.39 is 0 Å². The largest absolute Gasteiger partial charge is 0.426 e. The first-order valence-electron chi connectivity index (χ1n) is 5.45. The van der Waals surface area contributed by atoms with Gasteiger partial charge >= 0.3 is 5.97 Å². The molecule has 0 aliphatic heterocycles. The SMILES string of the molecule is CC(C)(C)c1ccc(OC(=O)CCN)cc1. The number of carbonyl (C=O) groups is 1. The molecule has 0 atom stereocenters. The molecule has 0 aliphatic carbocycles. The lowest BCUT2D eigenvalue weighted by Crippen LogP contribution is -2.14.